The third kappa shape index (κ3) is 4.10. The lowest BCUT2D eigenvalue weighted by Gasteiger charge is -2.19. The van der Waals surface area contributed by atoms with Gasteiger partial charge in [-0.25, -0.2) is 9.37 Å². The maximum Gasteiger partial charge on any atom is 0.301 e. The van der Waals surface area contributed by atoms with Crippen molar-refractivity contribution in [2.24, 2.45) is 7.05 Å². The van der Waals surface area contributed by atoms with Gasteiger partial charge in [-0.1, -0.05) is 11.6 Å². The Labute approximate surface area is 183 Å². The molecule has 8 nitrogen and oxygen atoms in total. The molecule has 0 atom stereocenters. The monoisotopic (exact) mass is 465 g/mol. The number of rotatable bonds is 5. The van der Waals surface area contributed by atoms with E-state index in [1.165, 1.54) is 27.3 Å². The van der Waals surface area contributed by atoms with Gasteiger partial charge in [-0.15, -0.1) is 0 Å². The fourth-order valence-corrected chi connectivity index (χ4v) is 5.13. The molecular formula is C20H21ClFN5O3S. The van der Waals surface area contributed by atoms with Crippen molar-refractivity contribution in [3.8, 4) is 0 Å². The van der Waals surface area contributed by atoms with Crippen molar-refractivity contribution < 1.29 is 12.8 Å². The van der Waals surface area contributed by atoms with E-state index < -0.39 is 16.0 Å². The van der Waals surface area contributed by atoms with E-state index in [4.69, 9.17) is 11.6 Å². The highest BCUT2D eigenvalue weighted by atomic mass is 35.5. The molecule has 164 valence electrons. The first-order chi connectivity index (χ1) is 14.7. The minimum Gasteiger partial charge on any atom is -0.353 e. The van der Waals surface area contributed by atoms with Crippen LogP contribution in [0.3, 0.4) is 0 Å². The predicted molar refractivity (Wildman–Crippen MR) is 120 cm³/mol. The number of hydrogen-bond acceptors (Lipinski definition) is 5. The number of fused-ring (bicyclic) bond motifs is 1. The van der Waals surface area contributed by atoms with E-state index >= 15 is 4.39 Å². The molecule has 11 heteroatoms. The molecule has 0 aliphatic carbocycles. The highest BCUT2D eigenvalue weighted by Gasteiger charge is 2.27. The highest BCUT2D eigenvalue weighted by molar-refractivity contribution is 7.90. The van der Waals surface area contributed by atoms with Crippen LogP contribution in [0, 0.1) is 12.7 Å². The molecule has 0 radical (unpaired) electrons. The minimum absolute atomic E-state index is 0.0187. The lowest BCUT2D eigenvalue weighted by molar-refractivity contribution is 0.482. The summed E-state index contributed by atoms with van der Waals surface area (Å²) in [6, 6.07) is 5.92. The van der Waals surface area contributed by atoms with Crippen molar-refractivity contribution in [1.29, 1.82) is 0 Å². The minimum atomic E-state index is -3.88. The lowest BCUT2D eigenvalue weighted by atomic mass is 10.1. The van der Waals surface area contributed by atoms with Gasteiger partial charge in [-0.05, 0) is 49.6 Å². The maximum absolute atomic E-state index is 15.2. The summed E-state index contributed by atoms with van der Waals surface area (Å²) >= 11 is 6.14. The summed E-state index contributed by atoms with van der Waals surface area (Å²) in [6.07, 6.45) is 2.97. The molecular weight excluding hydrogens is 445 g/mol. The highest BCUT2D eigenvalue weighted by Crippen LogP contribution is 2.33. The van der Waals surface area contributed by atoms with Crippen molar-refractivity contribution in [2.45, 2.75) is 19.8 Å². The zero-order valence-corrected chi connectivity index (χ0v) is 18.5. The molecule has 0 bridgehead atoms. The first kappa shape index (κ1) is 21.5. The van der Waals surface area contributed by atoms with E-state index in [1.54, 1.807) is 26.1 Å². The van der Waals surface area contributed by atoms with Crippen LogP contribution in [0.15, 0.2) is 35.4 Å². The molecule has 2 heterocycles. The van der Waals surface area contributed by atoms with Gasteiger partial charge in [0, 0.05) is 30.8 Å². The van der Waals surface area contributed by atoms with Gasteiger partial charge in [0.05, 0.1) is 28.6 Å². The van der Waals surface area contributed by atoms with Gasteiger partial charge >= 0.3 is 10.2 Å². The zero-order valence-electron chi connectivity index (χ0n) is 16.9. The second kappa shape index (κ2) is 8.10. The molecule has 1 saturated heterocycles. The van der Waals surface area contributed by atoms with Crippen LogP contribution < -0.4 is 15.6 Å². The van der Waals surface area contributed by atoms with Crippen LogP contribution in [0.2, 0.25) is 5.02 Å². The van der Waals surface area contributed by atoms with Gasteiger partial charge < -0.3 is 9.88 Å². The average Bonchev–Trinajstić information content (AvgIpc) is 3.26. The molecule has 0 unspecified atom stereocenters. The summed E-state index contributed by atoms with van der Waals surface area (Å²) in [4.78, 5) is 16.8. The number of anilines is 3. The van der Waals surface area contributed by atoms with Crippen LogP contribution in [-0.4, -0.2) is 35.4 Å². The fourth-order valence-electron chi connectivity index (χ4n) is 3.62. The molecule has 0 amide bonds. The Balaban J connectivity index is 1.72. The summed E-state index contributed by atoms with van der Waals surface area (Å²) in [7, 11) is -2.28. The van der Waals surface area contributed by atoms with E-state index in [2.05, 4.69) is 15.0 Å². The topological polar surface area (TPSA) is 96.3 Å². The maximum atomic E-state index is 15.2. The summed E-state index contributed by atoms with van der Waals surface area (Å²) in [6.45, 7) is 2.51. The Morgan fingerprint density at radius 1 is 1.13 bits per heavy atom. The van der Waals surface area contributed by atoms with Crippen LogP contribution in [0.4, 0.5) is 21.5 Å². The van der Waals surface area contributed by atoms with Crippen molar-refractivity contribution in [3.63, 3.8) is 0 Å². The van der Waals surface area contributed by atoms with E-state index in [0.29, 0.717) is 35.2 Å². The molecule has 2 aromatic carbocycles. The van der Waals surface area contributed by atoms with Crippen LogP contribution in [0.5, 0.6) is 0 Å². The van der Waals surface area contributed by atoms with E-state index in [9.17, 15) is 13.2 Å². The second-order valence-electron chi connectivity index (χ2n) is 7.45. The first-order valence-electron chi connectivity index (χ1n) is 9.66. The van der Waals surface area contributed by atoms with Gasteiger partial charge in [-0.2, -0.15) is 12.7 Å². The molecule has 4 rings (SSSR count). The van der Waals surface area contributed by atoms with E-state index in [1.807, 2.05) is 0 Å². The fraction of sp³-hybridized carbons (Fsp3) is 0.300. The van der Waals surface area contributed by atoms with Crippen molar-refractivity contribution in [1.82, 2.24) is 13.9 Å². The van der Waals surface area contributed by atoms with Gasteiger partial charge in [0.1, 0.15) is 0 Å². The van der Waals surface area contributed by atoms with Crippen molar-refractivity contribution in [2.75, 3.05) is 23.1 Å². The molecule has 0 saturated carbocycles. The SMILES string of the molecule is Cc1c(Nc2cc(Cl)cc(NS(=O)(=O)N3CCCC3)c2F)ccc2ncn(C)c(=O)c12. The van der Waals surface area contributed by atoms with Gasteiger partial charge in [-0.3, -0.25) is 9.52 Å². The van der Waals surface area contributed by atoms with E-state index in [0.717, 1.165) is 12.8 Å². The van der Waals surface area contributed by atoms with Gasteiger partial charge in [0.15, 0.2) is 5.82 Å². The normalized spacial score (nSPS) is 14.8. The third-order valence-corrected chi connectivity index (χ3v) is 7.04. The largest absolute Gasteiger partial charge is 0.353 e. The van der Waals surface area contributed by atoms with Crippen LogP contribution in [0.1, 0.15) is 18.4 Å². The zero-order chi connectivity index (χ0) is 22.3. The summed E-state index contributed by atoms with van der Waals surface area (Å²) in [5.41, 5.74) is 1.10. The first-order valence-corrected chi connectivity index (χ1v) is 11.5. The molecule has 2 N–H and O–H groups in total. The smallest absolute Gasteiger partial charge is 0.301 e. The number of benzene rings is 2. The van der Waals surface area contributed by atoms with Crippen LogP contribution in [0.25, 0.3) is 10.9 Å². The van der Waals surface area contributed by atoms with Gasteiger partial charge in [0.25, 0.3) is 5.56 Å². The Kier molecular flexibility index (Phi) is 5.63. The molecule has 1 aromatic heterocycles. The van der Waals surface area contributed by atoms with Crippen molar-refractivity contribution >= 4 is 49.8 Å². The molecule has 1 aliphatic rings. The number of hydrogen-bond donors (Lipinski definition) is 2. The summed E-state index contributed by atoms with van der Waals surface area (Å²) in [5, 5.41) is 3.49. The molecule has 31 heavy (non-hydrogen) atoms. The van der Waals surface area contributed by atoms with Crippen LogP contribution in [-0.2, 0) is 17.3 Å². The molecule has 3 aromatic rings. The Hall–Kier alpha value is -2.69. The Morgan fingerprint density at radius 3 is 2.52 bits per heavy atom. The third-order valence-electron chi connectivity index (χ3n) is 5.30. The number of aryl methyl sites for hydroxylation is 2. The number of aromatic nitrogens is 2. The Bertz CT molecular complexity index is 1340. The summed E-state index contributed by atoms with van der Waals surface area (Å²) < 4.78 is 45.2. The number of nitrogens with zero attached hydrogens (tertiary/aromatic N) is 3. The van der Waals surface area contributed by atoms with Crippen molar-refractivity contribution in [3.05, 3.63) is 57.3 Å². The Morgan fingerprint density at radius 2 is 1.81 bits per heavy atom. The van der Waals surface area contributed by atoms with E-state index in [-0.39, 0.29) is 22.0 Å². The quantitative estimate of drug-likeness (QED) is 0.601. The summed E-state index contributed by atoms with van der Waals surface area (Å²) in [5.74, 6) is -0.800. The average molecular weight is 466 g/mol. The molecule has 1 fully saturated rings. The lowest BCUT2D eigenvalue weighted by Crippen LogP contribution is -2.33. The number of nitrogens with one attached hydrogen (secondary N) is 2. The molecule has 1 aliphatic heterocycles. The predicted octanol–water partition coefficient (Wildman–Crippen LogP) is 3.53. The second-order valence-corrected chi connectivity index (χ2v) is 9.55. The standard InChI is InChI=1S/C20H21ClFN5O3S/c1-12-14(5-6-15-18(12)20(28)26(2)11-23-15)24-16-9-13(21)10-17(19(16)22)25-31(29,30)27-7-3-4-8-27/h5-6,9-11,24-25H,3-4,7-8H2,1-2H3. The number of halogens is 2. The van der Waals surface area contributed by atoms with Crippen LogP contribution >= 0.6 is 11.6 Å². The molecule has 0 spiro atoms. The van der Waals surface area contributed by atoms with Gasteiger partial charge in [0.2, 0.25) is 0 Å².